The second-order valence-corrected chi connectivity index (χ2v) is 13.2. The van der Waals surface area contributed by atoms with Crippen LogP contribution in [-0.2, 0) is 19.1 Å². The molecule has 3 aliphatic rings. The molecule has 0 aromatic carbocycles. The topological polar surface area (TPSA) is 93.1 Å². The maximum absolute atomic E-state index is 12.1. The Morgan fingerprint density at radius 3 is 1.68 bits per heavy atom. The van der Waals surface area contributed by atoms with Crippen molar-refractivity contribution >= 4 is 11.9 Å². The standard InChI is InChI=1S/C34H56O6/c1-4-5-6-7-27-12-16-31-19-28(13-17-30(31)18-27)9-8-26-10-14-29(15-11-26)32(22-39-33(37)24(2)20-35)23-40-34(38)25(3)21-36/h26-32,35-36H,2-23H2,1H3. The normalized spacial score (nSPS) is 28.5. The molecular weight excluding hydrogens is 504 g/mol. The zero-order valence-corrected chi connectivity index (χ0v) is 25.1. The van der Waals surface area contributed by atoms with E-state index in [1.165, 1.54) is 77.0 Å². The van der Waals surface area contributed by atoms with Crippen LogP contribution in [0.4, 0.5) is 0 Å². The molecule has 2 N–H and O–H groups in total. The summed E-state index contributed by atoms with van der Waals surface area (Å²) in [6.07, 6.45) is 21.5. The molecule has 0 aromatic rings. The van der Waals surface area contributed by atoms with Gasteiger partial charge in [-0.1, -0.05) is 84.3 Å². The first-order valence-electron chi connectivity index (χ1n) is 16.3. The second kappa shape index (κ2) is 17.3. The quantitative estimate of drug-likeness (QED) is 0.123. The van der Waals surface area contributed by atoms with E-state index in [2.05, 4.69) is 20.1 Å². The van der Waals surface area contributed by atoms with Crippen LogP contribution in [0, 0.1) is 41.4 Å². The van der Waals surface area contributed by atoms with E-state index in [9.17, 15) is 9.59 Å². The Hall–Kier alpha value is -1.66. The van der Waals surface area contributed by atoms with Crippen molar-refractivity contribution in [1.29, 1.82) is 0 Å². The fraction of sp³-hybridized carbons (Fsp3) is 0.824. The van der Waals surface area contributed by atoms with E-state index >= 15 is 0 Å². The molecule has 3 aliphatic carbocycles. The van der Waals surface area contributed by atoms with Crippen LogP contribution in [0.2, 0.25) is 0 Å². The first-order chi connectivity index (χ1) is 19.3. The first kappa shape index (κ1) is 32.8. The number of rotatable bonds is 16. The van der Waals surface area contributed by atoms with Gasteiger partial charge in [0.05, 0.1) is 37.6 Å². The summed E-state index contributed by atoms with van der Waals surface area (Å²) in [5.74, 6) is 3.56. The van der Waals surface area contributed by atoms with Crippen molar-refractivity contribution in [2.45, 2.75) is 110 Å². The lowest BCUT2D eigenvalue weighted by Gasteiger charge is -2.43. The van der Waals surface area contributed by atoms with E-state index in [-0.39, 0.29) is 30.3 Å². The summed E-state index contributed by atoms with van der Waals surface area (Å²) < 4.78 is 10.8. The van der Waals surface area contributed by atoms with Gasteiger partial charge in [0.15, 0.2) is 0 Å². The number of carbonyl (C=O) groups excluding carboxylic acids is 2. The zero-order chi connectivity index (χ0) is 28.9. The van der Waals surface area contributed by atoms with Crippen LogP contribution in [0.5, 0.6) is 0 Å². The number of unbranched alkanes of at least 4 members (excludes halogenated alkanes) is 2. The molecule has 6 heteroatoms. The number of hydrogen-bond acceptors (Lipinski definition) is 6. The van der Waals surface area contributed by atoms with Gasteiger partial charge in [-0.3, -0.25) is 0 Å². The van der Waals surface area contributed by atoms with Gasteiger partial charge in [0.1, 0.15) is 0 Å². The predicted molar refractivity (Wildman–Crippen MR) is 158 cm³/mol. The van der Waals surface area contributed by atoms with E-state index in [0.717, 1.165) is 55.3 Å². The van der Waals surface area contributed by atoms with Crippen LogP contribution in [-0.4, -0.2) is 48.6 Å². The molecule has 0 saturated heterocycles. The van der Waals surface area contributed by atoms with Crippen LogP contribution < -0.4 is 0 Å². The second-order valence-electron chi connectivity index (χ2n) is 13.2. The minimum absolute atomic E-state index is 0.0159. The minimum atomic E-state index is -0.619. The van der Waals surface area contributed by atoms with Crippen molar-refractivity contribution in [3.05, 3.63) is 24.3 Å². The van der Waals surface area contributed by atoms with Crippen molar-refractivity contribution < 1.29 is 29.3 Å². The van der Waals surface area contributed by atoms with E-state index in [4.69, 9.17) is 19.7 Å². The number of carbonyl (C=O) groups is 2. The Balaban J connectivity index is 1.40. The minimum Gasteiger partial charge on any atom is -0.462 e. The summed E-state index contributed by atoms with van der Waals surface area (Å²) in [6.45, 7) is 8.72. The van der Waals surface area contributed by atoms with E-state index in [1.54, 1.807) is 0 Å². The van der Waals surface area contributed by atoms with Crippen molar-refractivity contribution in [3.8, 4) is 0 Å². The number of esters is 2. The van der Waals surface area contributed by atoms with Gasteiger partial charge in [0.2, 0.25) is 0 Å². The molecule has 0 aliphatic heterocycles. The average Bonchev–Trinajstić information content (AvgIpc) is 2.99. The highest BCUT2D eigenvalue weighted by molar-refractivity contribution is 5.88. The predicted octanol–water partition coefficient (Wildman–Crippen LogP) is 6.79. The number of aliphatic hydroxyl groups excluding tert-OH is 2. The van der Waals surface area contributed by atoms with Gasteiger partial charge < -0.3 is 19.7 Å². The monoisotopic (exact) mass is 560 g/mol. The number of aliphatic hydroxyl groups is 2. The summed E-state index contributed by atoms with van der Waals surface area (Å²) >= 11 is 0. The Morgan fingerprint density at radius 1 is 0.700 bits per heavy atom. The van der Waals surface area contributed by atoms with Gasteiger partial charge in [0, 0.05) is 5.92 Å². The molecule has 4 unspecified atom stereocenters. The third kappa shape index (κ3) is 10.3. The van der Waals surface area contributed by atoms with E-state index < -0.39 is 25.2 Å². The molecule has 4 atom stereocenters. The molecule has 0 radical (unpaired) electrons. The molecule has 3 fully saturated rings. The molecule has 0 aromatic heterocycles. The van der Waals surface area contributed by atoms with Gasteiger partial charge in [0.25, 0.3) is 0 Å². The lowest BCUT2D eigenvalue weighted by Crippen LogP contribution is -2.32. The molecule has 3 saturated carbocycles. The maximum Gasteiger partial charge on any atom is 0.335 e. The fourth-order valence-corrected chi connectivity index (χ4v) is 7.73. The Labute approximate surface area is 243 Å². The summed E-state index contributed by atoms with van der Waals surface area (Å²) in [7, 11) is 0. The number of ether oxygens (including phenoxy) is 2. The van der Waals surface area contributed by atoms with Crippen LogP contribution in [0.3, 0.4) is 0 Å². The summed E-state index contributed by atoms with van der Waals surface area (Å²) in [6, 6.07) is 0. The summed E-state index contributed by atoms with van der Waals surface area (Å²) in [5, 5.41) is 18.3. The maximum atomic E-state index is 12.1. The Bertz CT molecular complexity index is 781. The molecule has 40 heavy (non-hydrogen) atoms. The summed E-state index contributed by atoms with van der Waals surface area (Å²) in [5.41, 5.74) is 0.0318. The molecule has 0 heterocycles. The third-order valence-corrected chi connectivity index (χ3v) is 10.4. The van der Waals surface area contributed by atoms with Crippen LogP contribution in [0.25, 0.3) is 0 Å². The van der Waals surface area contributed by atoms with Gasteiger partial charge in [-0.05, 0) is 74.0 Å². The summed E-state index contributed by atoms with van der Waals surface area (Å²) in [4.78, 5) is 24.1. The number of fused-ring (bicyclic) bond motifs is 1. The highest BCUT2D eigenvalue weighted by Gasteiger charge is 2.36. The first-order valence-corrected chi connectivity index (χ1v) is 16.3. The van der Waals surface area contributed by atoms with E-state index in [0.29, 0.717) is 5.92 Å². The van der Waals surface area contributed by atoms with Crippen molar-refractivity contribution in [1.82, 2.24) is 0 Å². The van der Waals surface area contributed by atoms with Crippen molar-refractivity contribution in [3.63, 3.8) is 0 Å². The molecule has 228 valence electrons. The Kier molecular flexibility index (Phi) is 14.2. The molecule has 0 amide bonds. The lowest BCUT2D eigenvalue weighted by atomic mass is 9.63. The third-order valence-electron chi connectivity index (χ3n) is 10.4. The molecule has 0 spiro atoms. The highest BCUT2D eigenvalue weighted by Crippen LogP contribution is 2.47. The highest BCUT2D eigenvalue weighted by atomic mass is 16.5. The lowest BCUT2D eigenvalue weighted by molar-refractivity contribution is -0.146. The van der Waals surface area contributed by atoms with Crippen molar-refractivity contribution in [2.75, 3.05) is 26.4 Å². The number of hydrogen-bond donors (Lipinski definition) is 2. The Morgan fingerprint density at radius 2 is 1.18 bits per heavy atom. The van der Waals surface area contributed by atoms with Crippen LogP contribution in [0.1, 0.15) is 110 Å². The van der Waals surface area contributed by atoms with Gasteiger partial charge in [-0.15, -0.1) is 0 Å². The average molecular weight is 561 g/mol. The van der Waals surface area contributed by atoms with Crippen LogP contribution >= 0.6 is 0 Å². The molecule has 6 nitrogen and oxygen atoms in total. The SMILES string of the molecule is C=C(CO)C(=O)OCC(COC(=O)C(=C)CO)C1CCC(CCC2CCC3CC(CCCCC)CCC3C2)CC1. The van der Waals surface area contributed by atoms with E-state index in [1.807, 2.05) is 0 Å². The van der Waals surface area contributed by atoms with Gasteiger partial charge in [-0.25, -0.2) is 9.59 Å². The zero-order valence-electron chi connectivity index (χ0n) is 25.1. The molecule has 0 bridgehead atoms. The molecular formula is C34H56O6. The van der Waals surface area contributed by atoms with Gasteiger partial charge >= 0.3 is 11.9 Å². The largest absolute Gasteiger partial charge is 0.462 e. The van der Waals surface area contributed by atoms with Crippen LogP contribution in [0.15, 0.2) is 24.3 Å². The van der Waals surface area contributed by atoms with Crippen molar-refractivity contribution in [2.24, 2.45) is 41.4 Å². The molecule has 3 rings (SSSR count). The smallest absolute Gasteiger partial charge is 0.335 e. The fourth-order valence-electron chi connectivity index (χ4n) is 7.73. The van der Waals surface area contributed by atoms with Gasteiger partial charge in [-0.2, -0.15) is 0 Å².